The number of benzene rings is 3. The molecule has 7 heteroatoms. The lowest BCUT2D eigenvalue weighted by Crippen LogP contribution is -2.32. The summed E-state index contributed by atoms with van der Waals surface area (Å²) in [6.07, 6.45) is -0.168. The van der Waals surface area contributed by atoms with Crippen LogP contribution in [-0.4, -0.2) is 20.4 Å². The first-order chi connectivity index (χ1) is 15.2. The number of nitrogens with one attached hydrogen (secondary N) is 2. The lowest BCUT2D eigenvalue weighted by molar-refractivity contribution is -0.122. The Balaban J connectivity index is 1.66. The molecule has 0 fully saturated rings. The smallest absolute Gasteiger partial charge is 0.265 e. The van der Waals surface area contributed by atoms with Crippen molar-refractivity contribution in [2.75, 3.05) is 10.0 Å². The van der Waals surface area contributed by atoms with Gasteiger partial charge in [-0.1, -0.05) is 30.7 Å². The molecule has 0 unspecified atom stereocenters. The van der Waals surface area contributed by atoms with Gasteiger partial charge in [0.15, 0.2) is 6.10 Å². The Kier molecular flexibility index (Phi) is 7.20. The van der Waals surface area contributed by atoms with Gasteiger partial charge in [-0.15, -0.1) is 0 Å². The Morgan fingerprint density at radius 3 is 2.09 bits per heavy atom. The van der Waals surface area contributed by atoms with Crippen molar-refractivity contribution in [1.82, 2.24) is 0 Å². The van der Waals surface area contributed by atoms with Gasteiger partial charge < -0.3 is 10.1 Å². The molecule has 6 nitrogen and oxygen atoms in total. The Morgan fingerprint density at radius 1 is 0.875 bits per heavy atom. The van der Waals surface area contributed by atoms with Gasteiger partial charge in [0.1, 0.15) is 5.75 Å². The van der Waals surface area contributed by atoms with E-state index in [1.165, 1.54) is 12.1 Å². The first-order valence-corrected chi connectivity index (χ1v) is 11.9. The molecule has 0 aromatic heterocycles. The molecule has 0 saturated heterocycles. The van der Waals surface area contributed by atoms with Crippen LogP contribution in [0.25, 0.3) is 0 Å². The van der Waals surface area contributed by atoms with Crippen molar-refractivity contribution < 1.29 is 17.9 Å². The van der Waals surface area contributed by atoms with Gasteiger partial charge in [0, 0.05) is 11.4 Å². The summed E-state index contributed by atoms with van der Waals surface area (Å²) >= 11 is 0. The van der Waals surface area contributed by atoms with E-state index in [9.17, 15) is 13.2 Å². The largest absolute Gasteiger partial charge is 0.481 e. The summed E-state index contributed by atoms with van der Waals surface area (Å²) in [7, 11) is -3.74. The summed E-state index contributed by atoms with van der Waals surface area (Å²) < 4.78 is 33.8. The summed E-state index contributed by atoms with van der Waals surface area (Å²) in [5.41, 5.74) is 4.19. The predicted molar refractivity (Wildman–Crippen MR) is 128 cm³/mol. The zero-order chi connectivity index (χ0) is 23.3. The van der Waals surface area contributed by atoms with E-state index in [0.717, 1.165) is 16.7 Å². The second kappa shape index (κ2) is 9.87. The minimum Gasteiger partial charge on any atom is -0.481 e. The van der Waals surface area contributed by atoms with Crippen molar-refractivity contribution in [1.29, 1.82) is 0 Å². The Hall–Kier alpha value is -3.32. The van der Waals surface area contributed by atoms with Crippen LogP contribution < -0.4 is 14.8 Å². The summed E-state index contributed by atoms with van der Waals surface area (Å²) in [5, 5.41) is 2.79. The zero-order valence-corrected chi connectivity index (χ0v) is 19.5. The standard InChI is InChI=1S/C25H28N2O4S/c1-5-24(31-22-12-6-17(2)7-13-22)25(28)26-20-10-14-23(15-11-20)32(29,30)27-21-9-8-18(3)19(4)16-21/h6-16,24,27H,5H2,1-4H3,(H,26,28)/t24-/m0/s1. The molecule has 32 heavy (non-hydrogen) atoms. The Bertz CT molecular complexity index is 1190. The summed E-state index contributed by atoms with van der Waals surface area (Å²) in [6, 6.07) is 18.9. The van der Waals surface area contributed by atoms with Crippen molar-refractivity contribution in [3.8, 4) is 5.75 Å². The van der Waals surface area contributed by atoms with Gasteiger partial charge in [0.2, 0.25) is 0 Å². The van der Waals surface area contributed by atoms with Gasteiger partial charge in [-0.05, 0) is 86.8 Å². The molecule has 2 N–H and O–H groups in total. The third-order valence-corrected chi connectivity index (χ3v) is 6.55. The molecule has 1 atom stereocenters. The van der Waals surface area contributed by atoms with Crippen LogP contribution in [0.1, 0.15) is 30.0 Å². The van der Waals surface area contributed by atoms with Crippen LogP contribution in [0.5, 0.6) is 5.75 Å². The van der Waals surface area contributed by atoms with Crippen LogP contribution in [-0.2, 0) is 14.8 Å². The van der Waals surface area contributed by atoms with Gasteiger partial charge in [-0.3, -0.25) is 9.52 Å². The lowest BCUT2D eigenvalue weighted by Gasteiger charge is -2.17. The summed E-state index contributed by atoms with van der Waals surface area (Å²) in [5.74, 6) is 0.327. The molecule has 3 aromatic carbocycles. The number of rotatable bonds is 8. The van der Waals surface area contributed by atoms with Crippen molar-refractivity contribution >= 4 is 27.3 Å². The van der Waals surface area contributed by atoms with E-state index in [-0.39, 0.29) is 10.8 Å². The van der Waals surface area contributed by atoms with Crippen LogP contribution >= 0.6 is 0 Å². The van der Waals surface area contributed by atoms with Gasteiger partial charge >= 0.3 is 0 Å². The maximum atomic E-state index is 12.7. The van der Waals surface area contributed by atoms with E-state index >= 15 is 0 Å². The van der Waals surface area contributed by atoms with E-state index in [1.807, 2.05) is 58.0 Å². The normalized spacial score (nSPS) is 12.1. The first-order valence-electron chi connectivity index (χ1n) is 10.4. The number of carbonyl (C=O) groups excluding carboxylic acids is 1. The molecule has 0 saturated carbocycles. The lowest BCUT2D eigenvalue weighted by atomic mass is 10.1. The quantitative estimate of drug-likeness (QED) is 0.491. The minimum atomic E-state index is -3.74. The first kappa shape index (κ1) is 23.3. The fraction of sp³-hybridized carbons (Fsp3) is 0.240. The average molecular weight is 453 g/mol. The monoisotopic (exact) mass is 452 g/mol. The molecule has 3 aromatic rings. The van der Waals surface area contributed by atoms with Crippen molar-refractivity contribution in [2.45, 2.75) is 45.1 Å². The third-order valence-electron chi connectivity index (χ3n) is 5.15. The molecule has 0 aliphatic carbocycles. The van der Waals surface area contributed by atoms with Crippen LogP contribution in [0.3, 0.4) is 0 Å². The highest BCUT2D eigenvalue weighted by molar-refractivity contribution is 7.92. The molecule has 168 valence electrons. The summed E-state index contributed by atoms with van der Waals surface area (Å²) in [4.78, 5) is 12.7. The maximum absolute atomic E-state index is 12.7. The second-order valence-corrected chi connectivity index (χ2v) is 9.43. The van der Waals surface area contributed by atoms with E-state index in [2.05, 4.69) is 10.0 Å². The SMILES string of the molecule is CC[C@H](Oc1ccc(C)cc1)C(=O)Nc1ccc(S(=O)(=O)Nc2ccc(C)c(C)c2)cc1. The van der Waals surface area contributed by atoms with Crippen molar-refractivity contribution in [3.63, 3.8) is 0 Å². The van der Waals surface area contributed by atoms with E-state index in [4.69, 9.17) is 4.74 Å². The second-order valence-electron chi connectivity index (χ2n) is 7.75. The highest BCUT2D eigenvalue weighted by atomic mass is 32.2. The highest BCUT2D eigenvalue weighted by Gasteiger charge is 2.19. The molecule has 0 aliphatic rings. The van der Waals surface area contributed by atoms with Crippen LogP contribution in [0.15, 0.2) is 71.6 Å². The molecule has 0 aliphatic heterocycles. The van der Waals surface area contributed by atoms with Crippen LogP contribution in [0.4, 0.5) is 11.4 Å². The fourth-order valence-corrected chi connectivity index (χ4v) is 4.11. The number of hydrogen-bond donors (Lipinski definition) is 2. The number of hydrogen-bond acceptors (Lipinski definition) is 4. The van der Waals surface area contributed by atoms with Crippen molar-refractivity contribution in [3.05, 3.63) is 83.4 Å². The zero-order valence-electron chi connectivity index (χ0n) is 18.7. The Labute approximate surface area is 189 Å². The molecular weight excluding hydrogens is 424 g/mol. The molecule has 0 bridgehead atoms. The number of ether oxygens (including phenoxy) is 1. The van der Waals surface area contributed by atoms with Gasteiger partial charge in [-0.2, -0.15) is 0 Å². The Morgan fingerprint density at radius 2 is 1.50 bits per heavy atom. The molecule has 0 radical (unpaired) electrons. The highest BCUT2D eigenvalue weighted by Crippen LogP contribution is 2.21. The van der Waals surface area contributed by atoms with Crippen LogP contribution in [0, 0.1) is 20.8 Å². The van der Waals surface area contributed by atoms with E-state index < -0.39 is 16.1 Å². The number of anilines is 2. The number of carbonyl (C=O) groups is 1. The van der Waals surface area contributed by atoms with E-state index in [1.54, 1.807) is 24.3 Å². The predicted octanol–water partition coefficient (Wildman–Crippen LogP) is 5.21. The minimum absolute atomic E-state index is 0.108. The maximum Gasteiger partial charge on any atom is 0.265 e. The fourth-order valence-electron chi connectivity index (χ4n) is 3.06. The third kappa shape index (κ3) is 5.88. The van der Waals surface area contributed by atoms with Crippen LogP contribution in [0.2, 0.25) is 0 Å². The topological polar surface area (TPSA) is 84.5 Å². The average Bonchev–Trinajstić information content (AvgIpc) is 2.76. The molecule has 3 rings (SSSR count). The number of aryl methyl sites for hydroxylation is 3. The number of amides is 1. The molecular formula is C25H28N2O4S. The summed E-state index contributed by atoms with van der Waals surface area (Å²) in [6.45, 7) is 7.74. The van der Waals surface area contributed by atoms with Gasteiger partial charge in [-0.25, -0.2) is 8.42 Å². The van der Waals surface area contributed by atoms with Crippen molar-refractivity contribution in [2.24, 2.45) is 0 Å². The number of sulfonamides is 1. The van der Waals surface area contributed by atoms with Gasteiger partial charge in [0.25, 0.3) is 15.9 Å². The molecule has 0 spiro atoms. The molecule has 0 heterocycles. The van der Waals surface area contributed by atoms with E-state index in [0.29, 0.717) is 23.5 Å². The molecule has 1 amide bonds. The van der Waals surface area contributed by atoms with Gasteiger partial charge in [0.05, 0.1) is 4.90 Å².